The van der Waals surface area contributed by atoms with E-state index in [0.29, 0.717) is 11.7 Å². The van der Waals surface area contributed by atoms with Crippen molar-refractivity contribution in [2.45, 2.75) is 19.8 Å². The molecule has 2 aromatic carbocycles. The maximum Gasteiger partial charge on any atom is 0.276 e. The molecular formula is C20H20N4O. The molecule has 0 atom stereocenters. The summed E-state index contributed by atoms with van der Waals surface area (Å²) in [7, 11) is 0. The lowest BCUT2D eigenvalue weighted by Crippen LogP contribution is -2.14. The second-order valence-electron chi connectivity index (χ2n) is 6.03. The summed E-state index contributed by atoms with van der Waals surface area (Å²) < 4.78 is 0. The number of hydrogen-bond donors (Lipinski definition) is 2. The fourth-order valence-corrected chi connectivity index (χ4v) is 2.34. The van der Waals surface area contributed by atoms with E-state index in [1.165, 1.54) is 5.56 Å². The van der Waals surface area contributed by atoms with E-state index in [4.69, 9.17) is 0 Å². The van der Waals surface area contributed by atoms with Crippen LogP contribution in [-0.4, -0.2) is 16.1 Å². The van der Waals surface area contributed by atoms with Gasteiger partial charge >= 0.3 is 0 Å². The zero-order chi connectivity index (χ0) is 17.6. The Kier molecular flexibility index (Phi) is 5.04. The maximum atomic E-state index is 12.2. The van der Waals surface area contributed by atoms with E-state index in [1.807, 2.05) is 42.5 Å². The average molecular weight is 332 g/mol. The molecule has 0 radical (unpaired) electrons. The van der Waals surface area contributed by atoms with Gasteiger partial charge in [0.05, 0.1) is 0 Å². The third kappa shape index (κ3) is 4.41. The van der Waals surface area contributed by atoms with Crippen molar-refractivity contribution in [1.29, 1.82) is 0 Å². The van der Waals surface area contributed by atoms with Crippen LogP contribution in [0.25, 0.3) is 0 Å². The largest absolute Gasteiger partial charge is 0.339 e. The summed E-state index contributed by atoms with van der Waals surface area (Å²) in [6.07, 6.45) is 0. The molecule has 126 valence electrons. The second-order valence-corrected chi connectivity index (χ2v) is 6.03. The summed E-state index contributed by atoms with van der Waals surface area (Å²) in [5.74, 6) is 0.802. The number of hydrogen-bond acceptors (Lipinski definition) is 4. The lowest BCUT2D eigenvalue weighted by atomic mass is 10.0. The number of rotatable bonds is 5. The number of para-hydroxylation sites is 1. The van der Waals surface area contributed by atoms with Gasteiger partial charge in [0.15, 0.2) is 11.5 Å². The Bertz CT molecular complexity index is 828. The number of benzene rings is 2. The minimum Gasteiger partial charge on any atom is -0.339 e. The van der Waals surface area contributed by atoms with E-state index in [9.17, 15) is 4.79 Å². The molecule has 1 heterocycles. The third-order valence-electron chi connectivity index (χ3n) is 3.78. The fourth-order valence-electron chi connectivity index (χ4n) is 2.34. The van der Waals surface area contributed by atoms with Gasteiger partial charge in [0.1, 0.15) is 0 Å². The predicted octanol–water partition coefficient (Wildman–Crippen LogP) is 4.60. The first-order valence-corrected chi connectivity index (χ1v) is 8.19. The van der Waals surface area contributed by atoms with Gasteiger partial charge in [0.25, 0.3) is 5.91 Å². The van der Waals surface area contributed by atoms with Gasteiger partial charge in [-0.05, 0) is 47.9 Å². The highest BCUT2D eigenvalue weighted by molar-refractivity contribution is 6.02. The van der Waals surface area contributed by atoms with Crippen LogP contribution in [0.2, 0.25) is 0 Å². The predicted molar refractivity (Wildman–Crippen MR) is 100 cm³/mol. The number of carbonyl (C=O) groups is 1. The Morgan fingerprint density at radius 3 is 2.16 bits per heavy atom. The van der Waals surface area contributed by atoms with Crippen molar-refractivity contribution in [1.82, 2.24) is 10.2 Å². The Labute approximate surface area is 147 Å². The van der Waals surface area contributed by atoms with Crippen LogP contribution in [0.1, 0.15) is 35.8 Å². The fraction of sp³-hybridized carbons (Fsp3) is 0.150. The molecule has 0 saturated heterocycles. The van der Waals surface area contributed by atoms with Gasteiger partial charge in [-0.1, -0.05) is 44.2 Å². The highest BCUT2D eigenvalue weighted by Gasteiger charge is 2.08. The van der Waals surface area contributed by atoms with Crippen molar-refractivity contribution >= 4 is 23.1 Å². The van der Waals surface area contributed by atoms with E-state index >= 15 is 0 Å². The molecule has 0 aliphatic rings. The van der Waals surface area contributed by atoms with Crippen molar-refractivity contribution in [3.05, 3.63) is 78.0 Å². The van der Waals surface area contributed by atoms with Gasteiger partial charge in [0, 0.05) is 11.4 Å². The molecule has 3 rings (SSSR count). The van der Waals surface area contributed by atoms with E-state index in [1.54, 1.807) is 12.1 Å². The molecule has 5 heteroatoms. The number of anilines is 3. The van der Waals surface area contributed by atoms with Crippen LogP contribution in [0.4, 0.5) is 17.2 Å². The smallest absolute Gasteiger partial charge is 0.276 e. The number of carbonyl (C=O) groups excluding carboxylic acids is 1. The summed E-state index contributed by atoms with van der Waals surface area (Å²) in [5.41, 5.74) is 3.20. The first-order valence-electron chi connectivity index (χ1n) is 8.19. The molecule has 1 amide bonds. The van der Waals surface area contributed by atoms with E-state index < -0.39 is 0 Å². The van der Waals surface area contributed by atoms with Crippen LogP contribution in [-0.2, 0) is 0 Å². The molecule has 5 nitrogen and oxygen atoms in total. The van der Waals surface area contributed by atoms with Gasteiger partial charge in [-0.3, -0.25) is 4.79 Å². The van der Waals surface area contributed by atoms with Gasteiger partial charge in [-0.2, -0.15) is 0 Å². The Balaban J connectivity index is 1.64. The van der Waals surface area contributed by atoms with Crippen LogP contribution in [0, 0.1) is 0 Å². The lowest BCUT2D eigenvalue weighted by Gasteiger charge is -2.09. The molecule has 2 N–H and O–H groups in total. The maximum absolute atomic E-state index is 12.2. The molecule has 0 saturated carbocycles. The molecule has 1 aromatic heterocycles. The lowest BCUT2D eigenvalue weighted by molar-refractivity contribution is 0.102. The highest BCUT2D eigenvalue weighted by atomic mass is 16.1. The quantitative estimate of drug-likeness (QED) is 0.717. The van der Waals surface area contributed by atoms with E-state index in [0.717, 1.165) is 11.4 Å². The van der Waals surface area contributed by atoms with Crippen LogP contribution < -0.4 is 10.6 Å². The summed E-state index contributed by atoms with van der Waals surface area (Å²) in [6.45, 7) is 4.32. The molecule has 0 unspecified atom stereocenters. The second kappa shape index (κ2) is 7.57. The minimum atomic E-state index is -0.286. The molecule has 0 aliphatic carbocycles. The van der Waals surface area contributed by atoms with E-state index in [2.05, 4.69) is 46.8 Å². The SMILES string of the molecule is CC(C)c1ccc(Nc2ccc(C(=O)Nc3ccccc3)nn2)cc1. The van der Waals surface area contributed by atoms with Gasteiger partial charge < -0.3 is 10.6 Å². The average Bonchev–Trinajstić information content (AvgIpc) is 2.63. The van der Waals surface area contributed by atoms with Crippen molar-refractivity contribution < 1.29 is 4.79 Å². The van der Waals surface area contributed by atoms with Gasteiger partial charge in [0.2, 0.25) is 0 Å². The first-order chi connectivity index (χ1) is 12.1. The number of nitrogens with one attached hydrogen (secondary N) is 2. The van der Waals surface area contributed by atoms with E-state index in [-0.39, 0.29) is 11.6 Å². The van der Waals surface area contributed by atoms with Gasteiger partial charge in [-0.25, -0.2) is 0 Å². The summed E-state index contributed by atoms with van der Waals surface area (Å²) in [4.78, 5) is 12.2. The Hall–Kier alpha value is -3.21. The Morgan fingerprint density at radius 1 is 0.840 bits per heavy atom. The molecular weight excluding hydrogens is 312 g/mol. The Morgan fingerprint density at radius 2 is 1.56 bits per heavy atom. The van der Waals surface area contributed by atoms with Crippen molar-refractivity contribution in [2.75, 3.05) is 10.6 Å². The zero-order valence-corrected chi connectivity index (χ0v) is 14.2. The summed E-state index contributed by atoms with van der Waals surface area (Å²) >= 11 is 0. The monoisotopic (exact) mass is 332 g/mol. The number of aromatic nitrogens is 2. The standard InChI is InChI=1S/C20H20N4O/c1-14(2)15-8-10-17(11-9-15)21-19-13-12-18(23-24-19)20(25)22-16-6-4-3-5-7-16/h3-14H,1-2H3,(H,21,24)(H,22,25). The molecule has 3 aromatic rings. The van der Waals surface area contributed by atoms with Crippen LogP contribution in [0.15, 0.2) is 66.7 Å². The molecule has 0 aliphatic heterocycles. The van der Waals surface area contributed by atoms with Gasteiger partial charge in [-0.15, -0.1) is 10.2 Å². The molecule has 0 bridgehead atoms. The number of amides is 1. The molecule has 0 fully saturated rings. The van der Waals surface area contributed by atoms with Crippen molar-refractivity contribution in [2.24, 2.45) is 0 Å². The summed E-state index contributed by atoms with van der Waals surface area (Å²) in [5, 5.41) is 14.0. The topological polar surface area (TPSA) is 66.9 Å². The molecule has 25 heavy (non-hydrogen) atoms. The minimum absolute atomic E-state index is 0.268. The molecule has 0 spiro atoms. The zero-order valence-electron chi connectivity index (χ0n) is 14.2. The first kappa shape index (κ1) is 16.6. The third-order valence-corrected chi connectivity index (χ3v) is 3.78. The van der Waals surface area contributed by atoms with Crippen LogP contribution >= 0.6 is 0 Å². The van der Waals surface area contributed by atoms with Crippen LogP contribution in [0.3, 0.4) is 0 Å². The summed E-state index contributed by atoms with van der Waals surface area (Å²) in [6, 6.07) is 20.8. The number of nitrogens with zero attached hydrogens (tertiary/aromatic N) is 2. The van der Waals surface area contributed by atoms with Crippen molar-refractivity contribution in [3.63, 3.8) is 0 Å². The normalized spacial score (nSPS) is 10.5. The van der Waals surface area contributed by atoms with Crippen LogP contribution in [0.5, 0.6) is 0 Å². The highest BCUT2D eigenvalue weighted by Crippen LogP contribution is 2.19. The van der Waals surface area contributed by atoms with Crippen molar-refractivity contribution in [3.8, 4) is 0 Å².